The van der Waals surface area contributed by atoms with Gasteiger partial charge in [-0.3, -0.25) is 0 Å². The molecule has 39 heavy (non-hydrogen) atoms. The number of nitrogens with zero attached hydrogens (tertiary/aromatic N) is 3. The number of hydrogen-bond donors (Lipinski definition) is 0. The number of rotatable bonds is 9. The van der Waals surface area contributed by atoms with Gasteiger partial charge in [0.25, 0.3) is 6.29 Å². The molecule has 0 unspecified atom stereocenters. The normalized spacial score (nSPS) is 24.0. The fraction of sp³-hybridized carbons (Fsp3) is 0.407. The Hall–Kier alpha value is -3.45. The number of benzene rings is 2. The Morgan fingerprint density at radius 1 is 0.974 bits per heavy atom. The van der Waals surface area contributed by atoms with E-state index in [0.717, 1.165) is 11.1 Å². The number of oxime groups is 1. The highest BCUT2D eigenvalue weighted by atomic mass is 19.4. The van der Waals surface area contributed by atoms with Gasteiger partial charge < -0.3 is 33.1 Å². The van der Waals surface area contributed by atoms with Crippen molar-refractivity contribution in [2.24, 2.45) is 5.16 Å². The van der Waals surface area contributed by atoms with Gasteiger partial charge in [-0.15, -0.1) is 13.2 Å². The van der Waals surface area contributed by atoms with Crippen molar-refractivity contribution in [2.75, 3.05) is 21.3 Å². The Labute approximate surface area is 224 Å². The molecule has 2 heterocycles. The number of ether oxygens (including phenoxy) is 5. The van der Waals surface area contributed by atoms with Gasteiger partial charge in [-0.2, -0.15) is 0 Å². The van der Waals surface area contributed by atoms with Gasteiger partial charge >= 0.3 is 6.36 Å². The highest BCUT2D eigenvalue weighted by Crippen LogP contribution is 2.28. The summed E-state index contributed by atoms with van der Waals surface area (Å²) in [4.78, 5) is 10.2. The number of halogens is 3. The van der Waals surface area contributed by atoms with Crippen LogP contribution in [0.4, 0.5) is 13.2 Å². The third kappa shape index (κ3) is 6.77. The lowest BCUT2D eigenvalue weighted by molar-refractivity contribution is -0.305. The number of imidazole rings is 1. The molecule has 0 radical (unpaired) electrons. The molecule has 9 nitrogen and oxygen atoms in total. The summed E-state index contributed by atoms with van der Waals surface area (Å²) in [6.07, 6.45) is -3.78. The Morgan fingerprint density at radius 3 is 2.31 bits per heavy atom. The zero-order valence-corrected chi connectivity index (χ0v) is 22.1. The summed E-state index contributed by atoms with van der Waals surface area (Å²) in [5.74, 6) is -0.294. The molecule has 12 heteroatoms. The Bertz CT molecular complexity index is 1260. The van der Waals surface area contributed by atoms with Crippen LogP contribution in [0.15, 0.2) is 66.2 Å². The van der Waals surface area contributed by atoms with Crippen LogP contribution in [0.5, 0.6) is 5.75 Å². The predicted octanol–water partition coefficient (Wildman–Crippen LogP) is 4.97. The van der Waals surface area contributed by atoms with Crippen LogP contribution in [0.25, 0.3) is 16.9 Å². The second kappa shape index (κ2) is 12.2. The molecule has 1 saturated heterocycles. The molecule has 1 aliphatic rings. The fourth-order valence-corrected chi connectivity index (χ4v) is 4.42. The quantitative estimate of drug-likeness (QED) is 0.275. The van der Waals surface area contributed by atoms with Crippen molar-refractivity contribution in [2.45, 2.75) is 50.9 Å². The molecule has 210 valence electrons. The maximum atomic E-state index is 12.4. The standard InChI is InChI=1S/C27H30F3N3O6/c1-16(32-39-26-25(36-5)24(35-4)23(34-3)17(2)37-26)18-7-6-8-19(13-18)22-14-33(15-31-22)20-9-11-21(12-10-20)38-27(28,29)30/h6-15,17,23-26H,1-5H3/b32-16+/t17-,23-,24+,25+,26-/m0/s1. The van der Waals surface area contributed by atoms with Crippen LogP contribution in [0.2, 0.25) is 0 Å². The second-order valence-electron chi connectivity index (χ2n) is 8.88. The van der Waals surface area contributed by atoms with Crippen molar-refractivity contribution < 1.29 is 41.7 Å². The summed E-state index contributed by atoms with van der Waals surface area (Å²) in [5, 5.41) is 4.29. The number of alkyl halides is 3. The molecule has 0 spiro atoms. The first-order valence-corrected chi connectivity index (χ1v) is 12.1. The first-order chi connectivity index (χ1) is 18.6. The first kappa shape index (κ1) is 28.6. The van der Waals surface area contributed by atoms with E-state index in [2.05, 4.69) is 14.9 Å². The van der Waals surface area contributed by atoms with Crippen LogP contribution in [0.1, 0.15) is 19.4 Å². The van der Waals surface area contributed by atoms with Crippen molar-refractivity contribution in [3.63, 3.8) is 0 Å². The minimum absolute atomic E-state index is 0.294. The second-order valence-corrected chi connectivity index (χ2v) is 8.88. The smallest absolute Gasteiger partial charge is 0.406 e. The van der Waals surface area contributed by atoms with Crippen molar-refractivity contribution in [1.82, 2.24) is 9.55 Å². The minimum Gasteiger partial charge on any atom is -0.406 e. The molecule has 0 amide bonds. The van der Waals surface area contributed by atoms with E-state index in [1.807, 2.05) is 38.1 Å². The van der Waals surface area contributed by atoms with E-state index < -0.39 is 24.9 Å². The lowest BCUT2D eigenvalue weighted by atomic mass is 9.99. The van der Waals surface area contributed by atoms with Crippen LogP contribution in [-0.2, 0) is 23.8 Å². The van der Waals surface area contributed by atoms with Gasteiger partial charge in [0.1, 0.15) is 18.0 Å². The average Bonchev–Trinajstić information content (AvgIpc) is 3.41. The van der Waals surface area contributed by atoms with Crippen molar-refractivity contribution in [1.29, 1.82) is 0 Å². The van der Waals surface area contributed by atoms with Gasteiger partial charge in [0.2, 0.25) is 0 Å². The number of aromatic nitrogens is 2. The maximum absolute atomic E-state index is 12.4. The van der Waals surface area contributed by atoms with Crippen molar-refractivity contribution in [3.8, 4) is 22.7 Å². The Morgan fingerprint density at radius 2 is 1.67 bits per heavy atom. The third-order valence-electron chi connectivity index (χ3n) is 6.36. The predicted molar refractivity (Wildman–Crippen MR) is 136 cm³/mol. The van der Waals surface area contributed by atoms with Crippen LogP contribution in [0.3, 0.4) is 0 Å². The molecular weight excluding hydrogens is 519 g/mol. The van der Waals surface area contributed by atoms with E-state index >= 15 is 0 Å². The van der Waals surface area contributed by atoms with Crippen molar-refractivity contribution in [3.05, 3.63) is 66.6 Å². The Balaban J connectivity index is 1.47. The average molecular weight is 550 g/mol. The van der Waals surface area contributed by atoms with E-state index in [1.165, 1.54) is 24.3 Å². The van der Waals surface area contributed by atoms with Crippen molar-refractivity contribution >= 4 is 5.71 Å². The monoisotopic (exact) mass is 549 g/mol. The number of methoxy groups -OCH3 is 3. The van der Waals surface area contributed by atoms with Gasteiger partial charge in [0.05, 0.1) is 23.8 Å². The van der Waals surface area contributed by atoms with Crippen LogP contribution in [-0.4, -0.2) is 73.7 Å². The van der Waals surface area contributed by atoms with Crippen LogP contribution in [0, 0.1) is 0 Å². The van der Waals surface area contributed by atoms with E-state index in [1.54, 1.807) is 38.4 Å². The third-order valence-corrected chi connectivity index (χ3v) is 6.36. The lowest BCUT2D eigenvalue weighted by Crippen LogP contribution is -2.59. The van der Waals surface area contributed by atoms with Gasteiger partial charge in [-0.25, -0.2) is 4.98 Å². The van der Waals surface area contributed by atoms with Gasteiger partial charge in [0, 0.05) is 38.8 Å². The van der Waals surface area contributed by atoms with E-state index in [4.69, 9.17) is 23.8 Å². The zero-order chi connectivity index (χ0) is 28.2. The fourth-order valence-electron chi connectivity index (χ4n) is 4.42. The highest BCUT2D eigenvalue weighted by Gasteiger charge is 2.47. The molecular formula is C27H30F3N3O6. The SMILES string of the molecule is CO[C@@H]1[C@@H](OC)[C@H](C)O[C@@H](O/N=C(\C)c2cccc(-c3cn(-c4ccc(OC(F)(F)F)cc4)cn3)c2)[C@@H]1OC. The lowest BCUT2D eigenvalue weighted by Gasteiger charge is -2.42. The molecule has 1 aromatic heterocycles. The summed E-state index contributed by atoms with van der Waals surface area (Å²) < 4.78 is 65.5. The van der Waals surface area contributed by atoms with Crippen LogP contribution < -0.4 is 4.74 Å². The molecule has 1 aliphatic heterocycles. The van der Waals surface area contributed by atoms with Gasteiger partial charge in [-0.05, 0) is 49.7 Å². The maximum Gasteiger partial charge on any atom is 0.573 e. The van der Waals surface area contributed by atoms with E-state index in [-0.39, 0.29) is 18.0 Å². The summed E-state index contributed by atoms with van der Waals surface area (Å²) >= 11 is 0. The summed E-state index contributed by atoms with van der Waals surface area (Å²) in [6, 6.07) is 13.1. The molecule has 1 fully saturated rings. The zero-order valence-electron chi connectivity index (χ0n) is 22.1. The van der Waals surface area contributed by atoms with Gasteiger partial charge in [-0.1, -0.05) is 23.4 Å². The summed E-state index contributed by atoms with van der Waals surface area (Å²) in [5.41, 5.74) is 3.51. The molecule has 5 atom stereocenters. The molecule has 2 aromatic carbocycles. The molecule has 0 N–H and O–H groups in total. The molecule has 0 aliphatic carbocycles. The van der Waals surface area contributed by atoms with E-state index in [0.29, 0.717) is 17.1 Å². The Kier molecular flexibility index (Phi) is 8.90. The first-order valence-electron chi connectivity index (χ1n) is 12.1. The molecule has 4 rings (SSSR count). The van der Waals surface area contributed by atoms with Gasteiger partial charge in [0.15, 0.2) is 6.10 Å². The summed E-state index contributed by atoms with van der Waals surface area (Å²) in [7, 11) is 4.71. The molecule has 3 aromatic rings. The van der Waals surface area contributed by atoms with Crippen LogP contribution >= 0.6 is 0 Å². The van der Waals surface area contributed by atoms with E-state index in [9.17, 15) is 13.2 Å². The number of hydrogen-bond acceptors (Lipinski definition) is 8. The highest BCUT2D eigenvalue weighted by molar-refractivity contribution is 5.99. The largest absolute Gasteiger partial charge is 0.573 e. The molecule has 0 saturated carbocycles. The topological polar surface area (TPSA) is 85.6 Å². The minimum atomic E-state index is -4.74. The molecule has 0 bridgehead atoms. The summed E-state index contributed by atoms with van der Waals surface area (Å²) in [6.45, 7) is 3.67.